The summed E-state index contributed by atoms with van der Waals surface area (Å²) < 4.78 is 4.43. The molecule has 4 N–H and O–H groups in total. The van der Waals surface area contributed by atoms with Crippen molar-refractivity contribution >= 4 is 28.9 Å². The standard InChI is InChI=1S/C10H10ClN5O2/c1-5-4-6(2-3-7(5)11)13-10(14-17)8-9(12)16-18-15-8/h2-4,17H,1H3,(H2,12,16)(H,13,14). The van der Waals surface area contributed by atoms with E-state index < -0.39 is 0 Å². The first-order chi connectivity index (χ1) is 8.61. The summed E-state index contributed by atoms with van der Waals surface area (Å²) in [6, 6.07) is 5.24. The molecule has 94 valence electrons. The largest absolute Gasteiger partial charge is 0.409 e. The normalized spacial score (nSPS) is 11.6. The number of oxime groups is 1. The minimum absolute atomic E-state index is 0.0287. The predicted octanol–water partition coefficient (Wildman–Crippen LogP) is 1.86. The van der Waals surface area contributed by atoms with Crippen LogP contribution in [-0.4, -0.2) is 21.4 Å². The van der Waals surface area contributed by atoms with E-state index in [2.05, 4.69) is 25.4 Å². The highest BCUT2D eigenvalue weighted by Gasteiger charge is 2.15. The summed E-state index contributed by atoms with van der Waals surface area (Å²) in [6.45, 7) is 1.86. The molecule has 2 rings (SSSR count). The van der Waals surface area contributed by atoms with Crippen LogP contribution in [0.1, 0.15) is 11.3 Å². The maximum absolute atomic E-state index is 8.94. The average molecular weight is 268 g/mol. The molecule has 0 aliphatic heterocycles. The number of amidine groups is 1. The van der Waals surface area contributed by atoms with Crippen molar-refractivity contribution in [2.24, 2.45) is 5.16 Å². The van der Waals surface area contributed by atoms with Gasteiger partial charge in [0.05, 0.1) is 0 Å². The maximum Gasteiger partial charge on any atom is 0.203 e. The molecule has 8 heteroatoms. The van der Waals surface area contributed by atoms with Gasteiger partial charge in [0.2, 0.25) is 5.84 Å². The number of nitrogens with one attached hydrogen (secondary N) is 1. The van der Waals surface area contributed by atoms with Crippen molar-refractivity contribution in [2.75, 3.05) is 11.1 Å². The Morgan fingerprint density at radius 1 is 1.50 bits per heavy atom. The van der Waals surface area contributed by atoms with Gasteiger partial charge in [-0.15, -0.1) is 0 Å². The number of hydrogen-bond acceptors (Lipinski definition) is 6. The van der Waals surface area contributed by atoms with Crippen LogP contribution in [0.4, 0.5) is 11.5 Å². The SMILES string of the molecule is Cc1cc(N/C(=N/O)c2nonc2N)ccc1Cl. The third-order valence-electron chi connectivity index (χ3n) is 2.26. The van der Waals surface area contributed by atoms with Crippen LogP contribution in [0.5, 0.6) is 0 Å². The third kappa shape index (κ3) is 2.35. The molecule has 0 bridgehead atoms. The van der Waals surface area contributed by atoms with Gasteiger partial charge in [0, 0.05) is 10.7 Å². The Morgan fingerprint density at radius 3 is 2.83 bits per heavy atom. The summed E-state index contributed by atoms with van der Waals surface area (Å²) in [5, 5.41) is 22.4. The molecule has 18 heavy (non-hydrogen) atoms. The van der Waals surface area contributed by atoms with Gasteiger partial charge in [-0.1, -0.05) is 16.8 Å². The Kier molecular flexibility index (Phi) is 3.33. The third-order valence-corrected chi connectivity index (χ3v) is 2.68. The van der Waals surface area contributed by atoms with E-state index in [9.17, 15) is 0 Å². The van der Waals surface area contributed by atoms with Crippen LogP contribution in [0.25, 0.3) is 0 Å². The molecule has 0 aliphatic carbocycles. The number of anilines is 2. The number of aromatic nitrogens is 2. The first kappa shape index (κ1) is 12.2. The molecule has 7 nitrogen and oxygen atoms in total. The molecule has 0 fully saturated rings. The summed E-state index contributed by atoms with van der Waals surface area (Å²) >= 11 is 5.91. The zero-order valence-corrected chi connectivity index (χ0v) is 10.1. The lowest BCUT2D eigenvalue weighted by atomic mass is 10.2. The number of nitrogens with zero attached hydrogens (tertiary/aromatic N) is 3. The van der Waals surface area contributed by atoms with E-state index >= 15 is 0 Å². The number of nitrogens with two attached hydrogens (primary N) is 1. The molecule has 0 amide bonds. The van der Waals surface area contributed by atoms with E-state index in [0.29, 0.717) is 10.7 Å². The highest BCUT2D eigenvalue weighted by Crippen LogP contribution is 2.20. The van der Waals surface area contributed by atoms with Crippen molar-refractivity contribution in [1.82, 2.24) is 10.3 Å². The Labute approximate surface area is 107 Å². The summed E-state index contributed by atoms with van der Waals surface area (Å²) in [5.74, 6) is 0.0662. The number of hydrogen-bond donors (Lipinski definition) is 3. The lowest BCUT2D eigenvalue weighted by Gasteiger charge is -2.07. The Bertz CT molecular complexity index is 596. The van der Waals surface area contributed by atoms with Crippen LogP contribution >= 0.6 is 11.6 Å². The zero-order chi connectivity index (χ0) is 13.1. The molecular weight excluding hydrogens is 258 g/mol. The Hall–Kier alpha value is -2.28. The highest BCUT2D eigenvalue weighted by molar-refractivity contribution is 6.31. The van der Waals surface area contributed by atoms with Gasteiger partial charge in [-0.25, -0.2) is 4.63 Å². The molecular formula is C10H10ClN5O2. The van der Waals surface area contributed by atoms with Crippen molar-refractivity contribution < 1.29 is 9.84 Å². The van der Waals surface area contributed by atoms with Gasteiger partial charge in [-0.3, -0.25) is 0 Å². The van der Waals surface area contributed by atoms with Gasteiger partial charge in [-0.05, 0) is 41.0 Å². The molecule has 0 spiro atoms. The molecule has 0 radical (unpaired) electrons. The van der Waals surface area contributed by atoms with E-state index in [1.807, 2.05) is 6.92 Å². The van der Waals surface area contributed by atoms with E-state index in [1.54, 1.807) is 18.2 Å². The topological polar surface area (TPSA) is 110 Å². The molecule has 1 aromatic carbocycles. The zero-order valence-electron chi connectivity index (χ0n) is 9.38. The van der Waals surface area contributed by atoms with Crippen molar-refractivity contribution in [1.29, 1.82) is 0 Å². The molecule has 0 saturated carbocycles. The molecule has 0 atom stereocenters. The number of halogens is 1. The molecule has 0 unspecified atom stereocenters. The minimum Gasteiger partial charge on any atom is -0.409 e. The number of rotatable bonds is 2. The second-order valence-electron chi connectivity index (χ2n) is 3.54. The molecule has 1 heterocycles. The first-order valence-electron chi connectivity index (χ1n) is 4.95. The van der Waals surface area contributed by atoms with Gasteiger partial charge >= 0.3 is 0 Å². The molecule has 0 aliphatic rings. The van der Waals surface area contributed by atoms with Crippen molar-refractivity contribution in [3.05, 3.63) is 34.5 Å². The lowest BCUT2D eigenvalue weighted by Crippen LogP contribution is -2.16. The van der Waals surface area contributed by atoms with Crippen molar-refractivity contribution in [3.63, 3.8) is 0 Å². The quantitative estimate of drug-likeness (QED) is 0.332. The predicted molar refractivity (Wildman–Crippen MR) is 66.8 cm³/mol. The maximum atomic E-state index is 8.94. The highest BCUT2D eigenvalue weighted by atomic mass is 35.5. The van der Waals surface area contributed by atoms with Gasteiger partial charge in [0.1, 0.15) is 0 Å². The van der Waals surface area contributed by atoms with E-state index in [-0.39, 0.29) is 17.3 Å². The van der Waals surface area contributed by atoms with Crippen LogP contribution < -0.4 is 11.1 Å². The Balaban J connectivity index is 2.27. The lowest BCUT2D eigenvalue weighted by molar-refractivity contribution is 0.305. The number of aryl methyl sites for hydroxylation is 1. The fraction of sp³-hybridized carbons (Fsp3) is 0.100. The fourth-order valence-electron chi connectivity index (χ4n) is 1.35. The van der Waals surface area contributed by atoms with E-state index in [0.717, 1.165) is 5.56 Å². The summed E-state index contributed by atoms with van der Waals surface area (Å²) in [4.78, 5) is 0. The molecule has 2 aromatic rings. The molecule has 0 saturated heterocycles. The van der Waals surface area contributed by atoms with Crippen LogP contribution in [0.3, 0.4) is 0 Å². The summed E-state index contributed by atoms with van der Waals surface area (Å²) in [6.07, 6.45) is 0. The smallest absolute Gasteiger partial charge is 0.203 e. The van der Waals surface area contributed by atoms with Crippen LogP contribution in [0.2, 0.25) is 5.02 Å². The second-order valence-corrected chi connectivity index (χ2v) is 3.94. The number of nitrogen functional groups attached to an aromatic ring is 1. The van der Waals surface area contributed by atoms with E-state index in [4.69, 9.17) is 22.5 Å². The minimum atomic E-state index is 0.0287. The van der Waals surface area contributed by atoms with Crippen LogP contribution in [0.15, 0.2) is 28.0 Å². The van der Waals surface area contributed by atoms with Gasteiger partial charge in [-0.2, -0.15) is 0 Å². The monoisotopic (exact) mass is 267 g/mol. The summed E-state index contributed by atoms with van der Waals surface area (Å²) in [7, 11) is 0. The fourth-order valence-corrected chi connectivity index (χ4v) is 1.47. The van der Waals surface area contributed by atoms with Crippen molar-refractivity contribution in [2.45, 2.75) is 6.92 Å². The van der Waals surface area contributed by atoms with Gasteiger partial charge in [0.25, 0.3) is 0 Å². The van der Waals surface area contributed by atoms with Gasteiger partial charge < -0.3 is 16.3 Å². The average Bonchev–Trinajstić information content (AvgIpc) is 2.77. The Morgan fingerprint density at radius 2 is 2.28 bits per heavy atom. The second kappa shape index (κ2) is 4.92. The first-order valence-corrected chi connectivity index (χ1v) is 5.33. The van der Waals surface area contributed by atoms with Crippen LogP contribution in [0, 0.1) is 6.92 Å². The van der Waals surface area contributed by atoms with Gasteiger partial charge in [0.15, 0.2) is 11.5 Å². The van der Waals surface area contributed by atoms with Crippen LogP contribution in [-0.2, 0) is 0 Å². The summed E-state index contributed by atoms with van der Waals surface area (Å²) in [5.41, 5.74) is 7.19. The van der Waals surface area contributed by atoms with Crippen molar-refractivity contribution in [3.8, 4) is 0 Å². The molecule has 1 aromatic heterocycles. The van der Waals surface area contributed by atoms with E-state index in [1.165, 1.54) is 0 Å². The number of benzene rings is 1.